The molecule has 41 heavy (non-hydrogen) atoms. The van der Waals surface area contributed by atoms with Crippen LogP contribution in [0, 0.1) is 0 Å². The van der Waals surface area contributed by atoms with Gasteiger partial charge in [0.25, 0.3) is 5.91 Å². The topological polar surface area (TPSA) is 130 Å². The average Bonchev–Trinajstić information content (AvgIpc) is 3.55. The third kappa shape index (κ3) is 6.15. The molecule has 12 nitrogen and oxygen atoms in total. The van der Waals surface area contributed by atoms with E-state index >= 15 is 0 Å². The Bertz CT molecular complexity index is 1320. The molecule has 2 amide bonds. The summed E-state index contributed by atoms with van der Waals surface area (Å²) in [5, 5.41) is 16.5. The van der Waals surface area contributed by atoms with Crippen LogP contribution < -0.4 is 4.74 Å². The van der Waals surface area contributed by atoms with Crippen molar-refractivity contribution >= 4 is 17.8 Å². The number of hydrogen-bond acceptors (Lipinski definition) is 8. The van der Waals surface area contributed by atoms with E-state index in [9.17, 15) is 27.6 Å². The van der Waals surface area contributed by atoms with E-state index in [1.807, 2.05) is 13.8 Å². The maximum atomic E-state index is 13.9. The number of nitrogens with zero attached hydrogens (tertiary/aromatic N) is 6. The number of aromatic nitrogens is 3. The van der Waals surface area contributed by atoms with Gasteiger partial charge in [0, 0.05) is 38.6 Å². The highest BCUT2D eigenvalue weighted by atomic mass is 19.4. The Morgan fingerprint density at radius 3 is 2.68 bits per heavy atom. The maximum absolute atomic E-state index is 13.9. The van der Waals surface area contributed by atoms with Crippen LogP contribution in [0.25, 0.3) is 0 Å². The highest BCUT2D eigenvalue weighted by molar-refractivity contribution is 6.00. The van der Waals surface area contributed by atoms with E-state index in [0.717, 1.165) is 22.9 Å². The zero-order valence-corrected chi connectivity index (χ0v) is 22.6. The second-order valence-corrected chi connectivity index (χ2v) is 10.7. The largest absolute Gasteiger partial charge is 0.491 e. The SMILES string of the molecule is CC(C)N1CCN2C(=O)[C@@H]3C[C@@H](OCc4cn(CC(=O)O)nn4)CN3C(=O)c3cc(C(F)(F)F)ccc3OC[C@@H]2C1. The van der Waals surface area contributed by atoms with E-state index in [1.54, 1.807) is 4.90 Å². The monoisotopic (exact) mass is 580 g/mol. The summed E-state index contributed by atoms with van der Waals surface area (Å²) in [6, 6.07) is 1.73. The summed E-state index contributed by atoms with van der Waals surface area (Å²) >= 11 is 0. The molecule has 2 saturated heterocycles. The quantitative estimate of drug-likeness (QED) is 0.540. The van der Waals surface area contributed by atoms with Crippen molar-refractivity contribution < 1.29 is 42.1 Å². The lowest BCUT2D eigenvalue weighted by Gasteiger charge is -2.44. The molecule has 1 aromatic carbocycles. The molecule has 2 aromatic rings. The van der Waals surface area contributed by atoms with Crippen LogP contribution in [0.15, 0.2) is 24.4 Å². The zero-order valence-electron chi connectivity index (χ0n) is 22.6. The number of carbonyl (C=O) groups is 3. The van der Waals surface area contributed by atoms with Crippen molar-refractivity contribution in [2.45, 2.75) is 63.8 Å². The summed E-state index contributed by atoms with van der Waals surface area (Å²) in [5.41, 5.74) is -0.898. The van der Waals surface area contributed by atoms with Gasteiger partial charge >= 0.3 is 12.1 Å². The number of halogens is 3. The van der Waals surface area contributed by atoms with Gasteiger partial charge in [-0.1, -0.05) is 5.21 Å². The summed E-state index contributed by atoms with van der Waals surface area (Å²) in [7, 11) is 0. The number of amides is 2. The maximum Gasteiger partial charge on any atom is 0.416 e. The number of carboxylic acid groups (broad SMARTS) is 1. The van der Waals surface area contributed by atoms with Gasteiger partial charge in [-0.3, -0.25) is 19.3 Å². The van der Waals surface area contributed by atoms with Crippen LogP contribution in [0.4, 0.5) is 13.2 Å². The number of rotatable bonds is 6. The van der Waals surface area contributed by atoms with Gasteiger partial charge in [-0.05, 0) is 32.0 Å². The Kier molecular flexibility index (Phi) is 7.92. The Hall–Kier alpha value is -3.72. The first-order valence-electron chi connectivity index (χ1n) is 13.3. The van der Waals surface area contributed by atoms with Gasteiger partial charge in [-0.25, -0.2) is 4.68 Å². The van der Waals surface area contributed by atoms with E-state index in [4.69, 9.17) is 14.6 Å². The minimum absolute atomic E-state index is 0.0251. The predicted octanol–water partition coefficient (Wildman–Crippen LogP) is 1.50. The van der Waals surface area contributed by atoms with Crippen molar-refractivity contribution in [3.05, 3.63) is 41.2 Å². The third-order valence-corrected chi connectivity index (χ3v) is 7.65. The molecule has 0 saturated carbocycles. The van der Waals surface area contributed by atoms with E-state index in [2.05, 4.69) is 15.2 Å². The fourth-order valence-corrected chi connectivity index (χ4v) is 5.51. The number of carbonyl (C=O) groups excluding carboxylic acids is 2. The van der Waals surface area contributed by atoms with E-state index < -0.39 is 35.8 Å². The number of benzene rings is 1. The minimum atomic E-state index is -4.67. The molecule has 0 spiro atoms. The Labute approximate surface area is 233 Å². The second kappa shape index (κ2) is 11.3. The van der Waals surface area contributed by atoms with Crippen LogP contribution in [0.5, 0.6) is 5.75 Å². The summed E-state index contributed by atoms with van der Waals surface area (Å²) in [6.45, 7) is 5.23. The van der Waals surface area contributed by atoms with Gasteiger partial charge in [0.15, 0.2) is 0 Å². The Morgan fingerprint density at radius 1 is 1.20 bits per heavy atom. The number of ether oxygens (including phenoxy) is 2. The zero-order chi connectivity index (χ0) is 29.5. The molecule has 0 aliphatic carbocycles. The first kappa shape index (κ1) is 28.8. The van der Waals surface area contributed by atoms with Gasteiger partial charge in [-0.2, -0.15) is 13.2 Å². The van der Waals surface area contributed by atoms with Crippen molar-refractivity contribution in [1.29, 1.82) is 0 Å². The van der Waals surface area contributed by atoms with E-state index in [1.165, 1.54) is 11.1 Å². The lowest BCUT2D eigenvalue weighted by atomic mass is 10.0. The van der Waals surface area contributed by atoms with Crippen LogP contribution in [0.2, 0.25) is 0 Å². The Balaban J connectivity index is 1.43. The van der Waals surface area contributed by atoms with Gasteiger partial charge < -0.3 is 24.4 Å². The lowest BCUT2D eigenvalue weighted by molar-refractivity contribution is -0.142. The van der Waals surface area contributed by atoms with Crippen LogP contribution in [0.3, 0.4) is 0 Å². The van der Waals surface area contributed by atoms with E-state index in [0.29, 0.717) is 25.3 Å². The standard InChI is InChI=1S/C26H31F3N6O6/c1-15(2)32-5-6-34-18(10-32)14-41-22-4-3-16(26(27,28)29)7-20(22)24(38)35-11-19(8-21(35)25(34)39)40-13-17-9-33(31-30-17)12-23(36)37/h3-4,7,9,15,18-19,21H,5-6,8,10-14H2,1-2H3,(H,36,37)/t18-,19+,21-/m0/s1. The molecule has 0 bridgehead atoms. The van der Waals surface area contributed by atoms with Gasteiger partial charge in [0.2, 0.25) is 5.91 Å². The first-order valence-corrected chi connectivity index (χ1v) is 13.3. The van der Waals surface area contributed by atoms with Crippen molar-refractivity contribution in [1.82, 2.24) is 29.7 Å². The molecular weight excluding hydrogens is 549 g/mol. The van der Waals surface area contributed by atoms with E-state index in [-0.39, 0.29) is 62.0 Å². The summed E-state index contributed by atoms with van der Waals surface area (Å²) in [5.74, 6) is -2.11. The van der Waals surface area contributed by atoms with Gasteiger partial charge in [-0.15, -0.1) is 5.10 Å². The molecule has 3 aliphatic rings. The van der Waals surface area contributed by atoms with Gasteiger partial charge in [0.05, 0.1) is 36.1 Å². The fourth-order valence-electron chi connectivity index (χ4n) is 5.51. The third-order valence-electron chi connectivity index (χ3n) is 7.65. The molecule has 222 valence electrons. The summed E-state index contributed by atoms with van der Waals surface area (Å²) in [4.78, 5) is 43.7. The lowest BCUT2D eigenvalue weighted by Crippen LogP contribution is -2.62. The van der Waals surface area contributed by atoms with Crippen LogP contribution in [0.1, 0.15) is 41.9 Å². The van der Waals surface area contributed by atoms with Crippen LogP contribution in [-0.2, 0) is 33.7 Å². The van der Waals surface area contributed by atoms with Crippen LogP contribution >= 0.6 is 0 Å². The molecule has 5 rings (SSSR count). The van der Waals surface area contributed by atoms with Crippen molar-refractivity contribution in [3.8, 4) is 5.75 Å². The molecular formula is C26H31F3N6O6. The summed E-state index contributed by atoms with van der Waals surface area (Å²) < 4.78 is 53.8. The van der Waals surface area contributed by atoms with Crippen molar-refractivity contribution in [3.63, 3.8) is 0 Å². The second-order valence-electron chi connectivity index (χ2n) is 10.7. The molecule has 4 heterocycles. The number of piperazine rings is 1. The molecule has 0 radical (unpaired) electrons. The minimum Gasteiger partial charge on any atom is -0.491 e. The molecule has 2 fully saturated rings. The van der Waals surface area contributed by atoms with Crippen molar-refractivity contribution in [2.24, 2.45) is 0 Å². The molecule has 1 N–H and O–H groups in total. The molecule has 3 aliphatic heterocycles. The van der Waals surface area contributed by atoms with Crippen molar-refractivity contribution in [2.75, 3.05) is 32.8 Å². The number of fused-ring (bicyclic) bond motifs is 3. The summed E-state index contributed by atoms with van der Waals surface area (Å²) in [6.07, 6.45) is -3.74. The number of carboxylic acids is 1. The van der Waals surface area contributed by atoms with Crippen LogP contribution in [-0.4, -0.2) is 110 Å². The predicted molar refractivity (Wildman–Crippen MR) is 135 cm³/mol. The molecule has 3 atom stereocenters. The highest BCUT2D eigenvalue weighted by Crippen LogP contribution is 2.36. The normalized spacial score (nSPS) is 23.7. The van der Waals surface area contributed by atoms with Gasteiger partial charge in [0.1, 0.15) is 30.6 Å². The number of aliphatic carboxylic acids is 1. The smallest absolute Gasteiger partial charge is 0.416 e. The number of hydrogen-bond donors (Lipinski definition) is 1. The number of alkyl halides is 3. The first-order chi connectivity index (χ1) is 19.4. The molecule has 1 aromatic heterocycles. The highest BCUT2D eigenvalue weighted by Gasteiger charge is 2.46. The average molecular weight is 581 g/mol. The fraction of sp³-hybridized carbons (Fsp3) is 0.577. The molecule has 0 unspecified atom stereocenters. The molecule has 15 heteroatoms. The Morgan fingerprint density at radius 2 is 1.98 bits per heavy atom.